The normalized spacial score (nSPS) is 15.9. The number of hydrogen-bond acceptors (Lipinski definition) is 5. The molecule has 1 N–H and O–H groups in total. The number of rotatable bonds is 4. The van der Waals surface area contributed by atoms with Gasteiger partial charge in [-0.05, 0) is 69.4 Å². The molecule has 8 heteroatoms. The van der Waals surface area contributed by atoms with Gasteiger partial charge >= 0.3 is 6.09 Å². The van der Waals surface area contributed by atoms with Gasteiger partial charge in [0.15, 0.2) is 5.65 Å². The summed E-state index contributed by atoms with van der Waals surface area (Å²) in [5.74, 6) is 0.528. The molecule has 8 nitrogen and oxygen atoms in total. The van der Waals surface area contributed by atoms with Gasteiger partial charge in [-0.3, -0.25) is 9.36 Å². The van der Waals surface area contributed by atoms with Crippen molar-refractivity contribution in [2.45, 2.75) is 51.5 Å². The van der Waals surface area contributed by atoms with Crippen molar-refractivity contribution in [3.05, 3.63) is 58.0 Å². The zero-order valence-corrected chi connectivity index (χ0v) is 18.8. The molecule has 1 aliphatic carbocycles. The average molecular weight is 437 g/mol. The molecule has 1 unspecified atom stereocenters. The fourth-order valence-electron chi connectivity index (χ4n) is 4.43. The van der Waals surface area contributed by atoms with Crippen LogP contribution in [-0.4, -0.2) is 49.8 Å². The first-order valence-corrected chi connectivity index (χ1v) is 10.8. The first kappa shape index (κ1) is 21.8. The van der Waals surface area contributed by atoms with E-state index in [9.17, 15) is 14.7 Å². The number of carbonyl (C=O) groups is 1. The predicted octanol–water partition coefficient (Wildman–Crippen LogP) is 3.99. The second-order valence-electron chi connectivity index (χ2n) is 9.16. The molecule has 2 aromatic heterocycles. The number of nitrogens with zero attached hydrogens (tertiary/aromatic N) is 4. The Hall–Kier alpha value is -3.42. The molecule has 0 spiro atoms. The summed E-state index contributed by atoms with van der Waals surface area (Å²) in [6.45, 7) is 6.19. The molecule has 1 aliphatic rings. The van der Waals surface area contributed by atoms with Crippen molar-refractivity contribution in [2.75, 3.05) is 13.7 Å². The lowest BCUT2D eigenvalue weighted by Gasteiger charge is -2.37. The van der Waals surface area contributed by atoms with Gasteiger partial charge in [0.05, 0.1) is 19.0 Å². The van der Waals surface area contributed by atoms with E-state index in [1.165, 1.54) is 18.2 Å². The summed E-state index contributed by atoms with van der Waals surface area (Å²) < 4.78 is 6.78. The SMILES string of the molecule is COc1ccc2ncc(=O)n(-c3ccc4c(c3)CCCC4CN(C(=O)O)C(C)(C)C)c2n1. The van der Waals surface area contributed by atoms with Crippen molar-refractivity contribution in [3.63, 3.8) is 0 Å². The van der Waals surface area contributed by atoms with Crippen molar-refractivity contribution >= 4 is 17.3 Å². The van der Waals surface area contributed by atoms with Gasteiger partial charge in [-0.15, -0.1) is 0 Å². The maximum absolute atomic E-state index is 12.7. The van der Waals surface area contributed by atoms with Crippen LogP contribution in [0.3, 0.4) is 0 Å². The quantitative estimate of drug-likeness (QED) is 0.664. The van der Waals surface area contributed by atoms with Crippen LogP contribution in [0.2, 0.25) is 0 Å². The van der Waals surface area contributed by atoms with E-state index >= 15 is 0 Å². The molecular formula is C24H28N4O4. The van der Waals surface area contributed by atoms with Gasteiger partial charge in [0, 0.05) is 24.1 Å². The Labute approximate surface area is 186 Å². The Morgan fingerprint density at radius 2 is 2.06 bits per heavy atom. The predicted molar refractivity (Wildman–Crippen MR) is 122 cm³/mol. The van der Waals surface area contributed by atoms with Crippen molar-refractivity contribution in [3.8, 4) is 11.6 Å². The molecule has 32 heavy (non-hydrogen) atoms. The van der Waals surface area contributed by atoms with Crippen molar-refractivity contribution in [2.24, 2.45) is 0 Å². The van der Waals surface area contributed by atoms with Crippen LogP contribution in [0.5, 0.6) is 5.88 Å². The molecule has 3 aromatic rings. The summed E-state index contributed by atoms with van der Waals surface area (Å²) in [5.41, 5.74) is 3.29. The van der Waals surface area contributed by atoms with Crippen LogP contribution in [0.15, 0.2) is 41.3 Å². The van der Waals surface area contributed by atoms with Crippen molar-refractivity contribution in [1.29, 1.82) is 0 Å². The Kier molecular flexibility index (Phi) is 5.62. The van der Waals surface area contributed by atoms with Crippen LogP contribution in [0, 0.1) is 0 Å². The Bertz CT molecular complexity index is 1230. The highest BCUT2D eigenvalue weighted by molar-refractivity contribution is 5.73. The van der Waals surface area contributed by atoms with Crippen molar-refractivity contribution in [1.82, 2.24) is 19.4 Å². The van der Waals surface area contributed by atoms with Gasteiger partial charge in [0.25, 0.3) is 5.56 Å². The lowest BCUT2D eigenvalue weighted by Crippen LogP contribution is -2.47. The monoisotopic (exact) mass is 436 g/mol. The second-order valence-corrected chi connectivity index (χ2v) is 9.16. The number of ether oxygens (including phenoxy) is 1. The molecule has 0 fully saturated rings. The first-order chi connectivity index (χ1) is 15.2. The lowest BCUT2D eigenvalue weighted by atomic mass is 9.81. The Morgan fingerprint density at radius 3 is 2.75 bits per heavy atom. The maximum atomic E-state index is 12.7. The minimum Gasteiger partial charge on any atom is -0.481 e. The van der Waals surface area contributed by atoms with Crippen molar-refractivity contribution < 1.29 is 14.6 Å². The van der Waals surface area contributed by atoms with Gasteiger partial charge in [-0.2, -0.15) is 4.98 Å². The molecule has 1 amide bonds. The third-order valence-electron chi connectivity index (χ3n) is 6.05. The Balaban J connectivity index is 1.76. The molecule has 1 aromatic carbocycles. The number of methoxy groups -OCH3 is 1. The highest BCUT2D eigenvalue weighted by Gasteiger charge is 2.31. The highest BCUT2D eigenvalue weighted by Crippen LogP contribution is 2.35. The van der Waals surface area contributed by atoms with Crippen LogP contribution < -0.4 is 10.3 Å². The number of aromatic nitrogens is 3. The van der Waals surface area contributed by atoms with Crippen LogP contribution in [0.25, 0.3) is 16.9 Å². The van der Waals surface area contributed by atoms with E-state index in [4.69, 9.17) is 4.74 Å². The van der Waals surface area contributed by atoms with Crippen LogP contribution in [0.1, 0.15) is 50.7 Å². The third-order valence-corrected chi connectivity index (χ3v) is 6.05. The largest absolute Gasteiger partial charge is 0.481 e. The maximum Gasteiger partial charge on any atom is 0.407 e. The number of hydrogen-bond donors (Lipinski definition) is 1. The lowest BCUT2D eigenvalue weighted by molar-refractivity contribution is 0.0943. The molecule has 0 saturated carbocycles. The standard InChI is InChI=1S/C24H28N4O4/c1-24(2,3)27(23(30)31)14-16-7-5-6-15-12-17(8-9-18(15)16)28-21(29)13-25-19-10-11-20(32-4)26-22(19)28/h8-13,16H,5-7,14H2,1-4H3,(H,30,31). The number of carboxylic acid groups (broad SMARTS) is 1. The Morgan fingerprint density at radius 1 is 1.28 bits per heavy atom. The molecule has 1 atom stereocenters. The van der Waals surface area contributed by atoms with Crippen LogP contribution in [-0.2, 0) is 6.42 Å². The first-order valence-electron chi connectivity index (χ1n) is 10.8. The number of fused-ring (bicyclic) bond motifs is 2. The minimum atomic E-state index is -0.906. The minimum absolute atomic E-state index is 0.118. The van der Waals surface area contributed by atoms with Gasteiger partial charge in [-0.1, -0.05) is 6.07 Å². The van der Waals surface area contributed by atoms with Crippen LogP contribution in [0.4, 0.5) is 4.79 Å². The third kappa shape index (κ3) is 4.04. The smallest absolute Gasteiger partial charge is 0.407 e. The zero-order chi connectivity index (χ0) is 23.0. The van der Waals surface area contributed by atoms with Gasteiger partial charge in [0.2, 0.25) is 5.88 Å². The van der Waals surface area contributed by atoms with E-state index in [1.807, 2.05) is 39.0 Å². The van der Waals surface area contributed by atoms with Gasteiger partial charge in [0.1, 0.15) is 5.52 Å². The number of amides is 1. The van der Waals surface area contributed by atoms with Crippen LogP contribution >= 0.6 is 0 Å². The summed E-state index contributed by atoms with van der Waals surface area (Å²) in [7, 11) is 1.53. The summed E-state index contributed by atoms with van der Waals surface area (Å²) >= 11 is 0. The number of benzene rings is 1. The van der Waals surface area contributed by atoms with E-state index in [1.54, 1.807) is 16.7 Å². The summed E-state index contributed by atoms with van der Waals surface area (Å²) in [4.78, 5) is 34.8. The van der Waals surface area contributed by atoms with E-state index in [-0.39, 0.29) is 11.5 Å². The fraction of sp³-hybridized carbons (Fsp3) is 0.417. The van der Waals surface area contributed by atoms with E-state index in [0.717, 1.165) is 30.4 Å². The molecule has 2 heterocycles. The summed E-state index contributed by atoms with van der Waals surface area (Å²) in [6.07, 6.45) is 3.18. The number of aryl methyl sites for hydroxylation is 1. The summed E-state index contributed by atoms with van der Waals surface area (Å²) in [5, 5.41) is 9.72. The van der Waals surface area contributed by atoms with E-state index in [2.05, 4.69) is 9.97 Å². The van der Waals surface area contributed by atoms with E-state index in [0.29, 0.717) is 29.3 Å². The molecule has 0 bridgehead atoms. The topological polar surface area (TPSA) is 97.6 Å². The molecular weight excluding hydrogens is 408 g/mol. The zero-order valence-electron chi connectivity index (χ0n) is 18.8. The van der Waals surface area contributed by atoms with E-state index < -0.39 is 11.6 Å². The van der Waals surface area contributed by atoms with Gasteiger partial charge < -0.3 is 14.7 Å². The summed E-state index contributed by atoms with van der Waals surface area (Å²) in [6, 6.07) is 9.44. The highest BCUT2D eigenvalue weighted by atomic mass is 16.5. The molecule has 0 radical (unpaired) electrons. The second kappa shape index (κ2) is 8.26. The average Bonchev–Trinajstić information content (AvgIpc) is 2.75. The molecule has 0 aliphatic heterocycles. The van der Waals surface area contributed by atoms with Gasteiger partial charge in [-0.25, -0.2) is 9.78 Å². The molecule has 0 saturated heterocycles. The fourth-order valence-corrected chi connectivity index (χ4v) is 4.43. The molecule has 4 rings (SSSR count). The molecule has 168 valence electrons. The number of pyridine rings is 1.